The highest BCUT2D eigenvalue weighted by atomic mass is 79.9. The van der Waals surface area contributed by atoms with Crippen LogP contribution in [0.1, 0.15) is 6.42 Å². The fourth-order valence-electron chi connectivity index (χ4n) is 3.04. The highest BCUT2D eigenvalue weighted by molar-refractivity contribution is 5.42. The first-order valence-corrected chi connectivity index (χ1v) is 8.36. The molecule has 138 valence electrons. The third-order valence-electron chi connectivity index (χ3n) is 4.74. The van der Waals surface area contributed by atoms with Gasteiger partial charge in [-0.1, -0.05) is 0 Å². The van der Waals surface area contributed by atoms with Gasteiger partial charge in [-0.2, -0.15) is 0 Å². The Morgan fingerprint density at radius 3 is 1.32 bits per heavy atom. The molecule has 2 aromatic rings. The number of hydrogen-bond acceptors (Lipinski definition) is 2. The Bertz CT molecular complexity index is 584. The van der Waals surface area contributed by atoms with Crippen LogP contribution >= 0.6 is 0 Å². The van der Waals surface area contributed by atoms with Gasteiger partial charge in [0.05, 0.1) is 0 Å². The zero-order chi connectivity index (χ0) is 16.4. The maximum atomic E-state index is 2.32. The van der Waals surface area contributed by atoms with Crippen molar-refractivity contribution in [1.82, 2.24) is 0 Å². The van der Waals surface area contributed by atoms with Crippen LogP contribution in [0.15, 0.2) is 49.1 Å². The van der Waals surface area contributed by atoms with E-state index in [0.29, 0.717) is 0 Å². The zero-order valence-corrected chi connectivity index (χ0v) is 18.6. The van der Waals surface area contributed by atoms with Gasteiger partial charge in [-0.25, -0.2) is 9.13 Å². The molecule has 0 aliphatic heterocycles. The minimum atomic E-state index is 0. The van der Waals surface area contributed by atoms with Gasteiger partial charge in [0.25, 0.3) is 0 Å². The van der Waals surface area contributed by atoms with Gasteiger partial charge < -0.3 is 43.8 Å². The Hall–Kier alpha value is -1.14. The normalized spacial score (nSPS) is 17.9. The summed E-state index contributed by atoms with van der Waals surface area (Å²) in [6, 6.07) is 8.75. The lowest BCUT2D eigenvalue weighted by Gasteiger charge is -2.10. The maximum Gasteiger partial charge on any atom is 0.170 e. The summed E-state index contributed by atoms with van der Waals surface area (Å²) in [5.41, 5.74) is 2.51. The van der Waals surface area contributed by atoms with Gasteiger partial charge in [0.15, 0.2) is 37.9 Å². The van der Waals surface area contributed by atoms with E-state index in [4.69, 9.17) is 0 Å². The van der Waals surface area contributed by atoms with Crippen LogP contribution in [0, 0.1) is 11.8 Å². The molecule has 4 nitrogen and oxygen atoms in total. The molecule has 1 aliphatic carbocycles. The molecule has 0 bridgehead atoms. The fraction of sp³-hybridized carbons (Fsp3) is 0.474. The summed E-state index contributed by atoms with van der Waals surface area (Å²) in [6.07, 6.45) is 10.1. The number of nitrogens with zero attached hydrogens (tertiary/aromatic N) is 4. The van der Waals surface area contributed by atoms with Crippen LogP contribution < -0.4 is 52.9 Å². The van der Waals surface area contributed by atoms with E-state index in [1.54, 1.807) is 0 Å². The van der Waals surface area contributed by atoms with Crippen molar-refractivity contribution >= 4 is 11.4 Å². The van der Waals surface area contributed by atoms with Gasteiger partial charge >= 0.3 is 0 Å². The van der Waals surface area contributed by atoms with Gasteiger partial charge in [0, 0.05) is 75.7 Å². The van der Waals surface area contributed by atoms with Crippen LogP contribution in [0.2, 0.25) is 0 Å². The van der Waals surface area contributed by atoms with Crippen LogP contribution in [0.3, 0.4) is 0 Å². The lowest BCUT2D eigenvalue weighted by molar-refractivity contribution is -0.709. The highest BCUT2D eigenvalue weighted by Gasteiger charge is 2.42. The molecule has 1 saturated carbocycles. The van der Waals surface area contributed by atoms with E-state index in [1.807, 2.05) is 0 Å². The van der Waals surface area contributed by atoms with Crippen LogP contribution in [0.4, 0.5) is 11.4 Å². The fourth-order valence-corrected chi connectivity index (χ4v) is 3.04. The Balaban J connectivity index is 0.00000156. The van der Waals surface area contributed by atoms with Crippen molar-refractivity contribution in [3.05, 3.63) is 49.1 Å². The molecule has 1 fully saturated rings. The Morgan fingerprint density at radius 2 is 1.04 bits per heavy atom. The molecule has 1 aliphatic rings. The van der Waals surface area contributed by atoms with Gasteiger partial charge in [0.2, 0.25) is 0 Å². The van der Waals surface area contributed by atoms with Crippen molar-refractivity contribution in [3.63, 3.8) is 0 Å². The van der Waals surface area contributed by atoms with Crippen LogP contribution in [0.5, 0.6) is 0 Å². The molecular formula is C19H28Br2N4. The monoisotopic (exact) mass is 470 g/mol. The first-order valence-electron chi connectivity index (χ1n) is 8.36. The number of halogens is 2. The van der Waals surface area contributed by atoms with Crippen molar-refractivity contribution in [3.8, 4) is 0 Å². The van der Waals surface area contributed by atoms with Crippen LogP contribution in [-0.2, 0) is 13.1 Å². The SMILES string of the molecule is CN(C)c1cc[n+](C[C@@H]2C[C@H]2C[n+]2ccc(N(C)C)cc2)cc1.[Br-].[Br-]. The highest BCUT2D eigenvalue weighted by Crippen LogP contribution is 2.38. The van der Waals surface area contributed by atoms with Crippen LogP contribution in [0.25, 0.3) is 0 Å². The molecule has 25 heavy (non-hydrogen) atoms. The summed E-state index contributed by atoms with van der Waals surface area (Å²) >= 11 is 0. The molecule has 6 heteroatoms. The first kappa shape index (κ1) is 21.9. The number of rotatable bonds is 6. The molecule has 0 aromatic carbocycles. The van der Waals surface area contributed by atoms with E-state index < -0.39 is 0 Å². The largest absolute Gasteiger partial charge is 1.00 e. The lowest BCUT2D eigenvalue weighted by atomic mass is 10.3. The molecule has 2 aromatic heterocycles. The van der Waals surface area contributed by atoms with Gasteiger partial charge in [-0.05, 0) is 6.42 Å². The van der Waals surface area contributed by atoms with E-state index in [1.165, 1.54) is 17.8 Å². The van der Waals surface area contributed by atoms with Crippen molar-refractivity contribution in [2.75, 3.05) is 38.0 Å². The standard InChI is InChI=1S/C19H28N4.2BrH/c1-20(2)18-5-9-22(10-6-18)14-16-13-17(16)15-23-11-7-19(8-12-23)21(3)4;;/h5-12,16-17H,13-15H2,1-4H3;2*1H/q+2;;/p-2/t16-,17-;;/m0../s1. The third kappa shape index (κ3) is 5.96. The van der Waals surface area contributed by atoms with Gasteiger partial charge in [-0.15, -0.1) is 0 Å². The summed E-state index contributed by atoms with van der Waals surface area (Å²) in [7, 11) is 8.32. The lowest BCUT2D eigenvalue weighted by Crippen LogP contribution is -3.00. The number of pyridine rings is 2. The average molecular weight is 472 g/mol. The molecule has 0 amide bonds. The maximum absolute atomic E-state index is 2.32. The molecule has 2 atom stereocenters. The van der Waals surface area contributed by atoms with Crippen LogP contribution in [-0.4, -0.2) is 28.2 Å². The quantitative estimate of drug-likeness (QED) is 0.396. The number of aromatic nitrogens is 2. The minimum absolute atomic E-state index is 0. The molecule has 0 spiro atoms. The Kier molecular flexibility index (Phi) is 8.35. The molecule has 3 rings (SSSR count). The minimum Gasteiger partial charge on any atom is -1.00 e. The molecule has 0 radical (unpaired) electrons. The summed E-state index contributed by atoms with van der Waals surface area (Å²) < 4.78 is 4.63. The second kappa shape index (κ2) is 9.53. The Labute approximate surface area is 172 Å². The zero-order valence-electron chi connectivity index (χ0n) is 15.4. The molecule has 0 saturated heterocycles. The van der Waals surface area contributed by atoms with E-state index in [9.17, 15) is 0 Å². The average Bonchev–Trinajstić information content (AvgIpc) is 3.25. The first-order chi connectivity index (χ1) is 11.0. The second-order valence-electron chi connectivity index (χ2n) is 7.05. The smallest absolute Gasteiger partial charge is 0.170 e. The summed E-state index contributed by atoms with van der Waals surface area (Å²) in [6.45, 7) is 2.27. The van der Waals surface area contributed by atoms with Crippen molar-refractivity contribution < 1.29 is 43.1 Å². The second-order valence-corrected chi connectivity index (χ2v) is 7.05. The number of hydrogen-bond donors (Lipinski definition) is 0. The summed E-state index contributed by atoms with van der Waals surface area (Å²) in [5.74, 6) is 1.62. The van der Waals surface area contributed by atoms with Gasteiger partial charge in [0.1, 0.15) is 0 Å². The number of anilines is 2. The molecular weight excluding hydrogens is 444 g/mol. The molecule has 0 N–H and O–H groups in total. The summed E-state index contributed by atoms with van der Waals surface area (Å²) in [4.78, 5) is 4.27. The van der Waals surface area contributed by atoms with E-state index in [2.05, 4.69) is 96.2 Å². The van der Waals surface area contributed by atoms with E-state index >= 15 is 0 Å². The van der Waals surface area contributed by atoms with Crippen molar-refractivity contribution in [2.45, 2.75) is 19.5 Å². The molecule has 0 unspecified atom stereocenters. The van der Waals surface area contributed by atoms with E-state index in [0.717, 1.165) is 24.9 Å². The summed E-state index contributed by atoms with van der Waals surface area (Å²) in [5, 5.41) is 0. The van der Waals surface area contributed by atoms with Gasteiger partial charge in [-0.3, -0.25) is 0 Å². The van der Waals surface area contributed by atoms with E-state index in [-0.39, 0.29) is 34.0 Å². The van der Waals surface area contributed by atoms with Crippen molar-refractivity contribution in [1.29, 1.82) is 0 Å². The topological polar surface area (TPSA) is 14.2 Å². The predicted molar refractivity (Wildman–Crippen MR) is 93.5 cm³/mol. The predicted octanol–water partition coefficient (Wildman–Crippen LogP) is -4.26. The third-order valence-corrected chi connectivity index (χ3v) is 4.74. The van der Waals surface area contributed by atoms with Crippen molar-refractivity contribution in [2.24, 2.45) is 11.8 Å². The molecule has 2 heterocycles. The Morgan fingerprint density at radius 1 is 0.720 bits per heavy atom.